The number of sulfone groups is 1. The summed E-state index contributed by atoms with van der Waals surface area (Å²) in [4.78, 5) is 14.6. The lowest BCUT2D eigenvalue weighted by molar-refractivity contribution is -0.118. The van der Waals surface area contributed by atoms with E-state index < -0.39 is 9.84 Å². The first kappa shape index (κ1) is 20.8. The van der Waals surface area contributed by atoms with Gasteiger partial charge in [0, 0.05) is 19.2 Å². The van der Waals surface area contributed by atoms with Gasteiger partial charge in [-0.25, -0.2) is 13.1 Å². The predicted octanol–water partition coefficient (Wildman–Crippen LogP) is 3.65. The number of nitrogens with zero attached hydrogens (tertiary/aromatic N) is 3. The molecule has 1 aromatic heterocycles. The number of rotatable bonds is 8. The van der Waals surface area contributed by atoms with Crippen molar-refractivity contribution in [2.24, 2.45) is 0 Å². The number of hydrogen-bond donors (Lipinski definition) is 0. The zero-order valence-electron chi connectivity index (χ0n) is 16.7. The Morgan fingerprint density at radius 1 is 1.03 bits per heavy atom. The second-order valence-corrected chi connectivity index (χ2v) is 8.88. The minimum atomic E-state index is -3.42. The first-order valence-corrected chi connectivity index (χ1v) is 11.3. The lowest BCUT2D eigenvalue weighted by atomic mass is 10.1. The van der Waals surface area contributed by atoms with Crippen molar-refractivity contribution in [1.29, 1.82) is 0 Å². The Hall–Kier alpha value is -2.93. The molecule has 0 radical (unpaired) electrons. The molecule has 0 atom stereocenters. The highest BCUT2D eigenvalue weighted by molar-refractivity contribution is 7.91. The molecule has 3 rings (SSSR count). The summed E-state index contributed by atoms with van der Waals surface area (Å²) in [6.45, 7) is 3.85. The van der Waals surface area contributed by atoms with Gasteiger partial charge in [0.25, 0.3) is 0 Å². The molecule has 0 aliphatic rings. The minimum Gasteiger partial charge on any atom is -0.311 e. The summed E-state index contributed by atoms with van der Waals surface area (Å²) in [6.07, 6.45) is 4.47. The molecule has 0 saturated heterocycles. The number of carbonyl (C=O) groups excluding carboxylic acids is 1. The molecule has 0 saturated carbocycles. The molecular weight excluding hydrogens is 386 g/mol. The minimum absolute atomic E-state index is 0.00553. The van der Waals surface area contributed by atoms with Crippen molar-refractivity contribution >= 4 is 21.4 Å². The summed E-state index contributed by atoms with van der Waals surface area (Å²) in [5.41, 5.74) is 2.36. The topological polar surface area (TPSA) is 72.3 Å². The fraction of sp³-hybridized carbons (Fsp3) is 0.273. The summed E-state index contributed by atoms with van der Waals surface area (Å²) >= 11 is 0. The maximum Gasteiger partial charge on any atom is 0.227 e. The van der Waals surface area contributed by atoms with Crippen LogP contribution in [0, 0.1) is 0 Å². The number of amides is 1. The molecule has 1 heterocycles. The van der Waals surface area contributed by atoms with Gasteiger partial charge in [-0.3, -0.25) is 4.79 Å². The molecule has 0 bridgehead atoms. The molecule has 0 aliphatic heterocycles. The van der Waals surface area contributed by atoms with E-state index in [9.17, 15) is 13.2 Å². The van der Waals surface area contributed by atoms with Crippen molar-refractivity contribution in [2.75, 3.05) is 17.2 Å². The van der Waals surface area contributed by atoms with E-state index >= 15 is 0 Å². The van der Waals surface area contributed by atoms with Crippen LogP contribution in [0.4, 0.5) is 5.69 Å². The van der Waals surface area contributed by atoms with Gasteiger partial charge in [0.15, 0.2) is 9.84 Å². The van der Waals surface area contributed by atoms with Crippen molar-refractivity contribution in [3.8, 4) is 5.69 Å². The van der Waals surface area contributed by atoms with Crippen LogP contribution in [0.25, 0.3) is 5.69 Å². The number of aryl methyl sites for hydroxylation is 1. The molecule has 29 heavy (non-hydrogen) atoms. The highest BCUT2D eigenvalue weighted by Crippen LogP contribution is 2.26. The summed E-state index contributed by atoms with van der Waals surface area (Å²) in [6, 6.07) is 16.5. The predicted molar refractivity (Wildman–Crippen MR) is 114 cm³/mol. The van der Waals surface area contributed by atoms with Crippen molar-refractivity contribution in [2.45, 2.75) is 31.6 Å². The van der Waals surface area contributed by atoms with Crippen molar-refractivity contribution in [3.63, 3.8) is 0 Å². The molecule has 0 fully saturated rings. The third kappa shape index (κ3) is 4.74. The van der Waals surface area contributed by atoms with Gasteiger partial charge in [0.05, 0.1) is 28.2 Å². The average molecular weight is 412 g/mol. The Bertz CT molecular complexity index is 1080. The SMILES string of the molecule is CCN(C(=O)CCc1cnn(-c2ccccc2)c1)c1ccccc1S(=O)(=O)CC. The van der Waals surface area contributed by atoms with E-state index in [-0.39, 0.29) is 23.0 Å². The molecule has 152 valence electrons. The lowest BCUT2D eigenvalue weighted by Crippen LogP contribution is -2.32. The van der Waals surface area contributed by atoms with Crippen LogP contribution in [0.3, 0.4) is 0 Å². The van der Waals surface area contributed by atoms with Gasteiger partial charge in [0.2, 0.25) is 5.91 Å². The van der Waals surface area contributed by atoms with Crippen LogP contribution in [-0.4, -0.2) is 36.4 Å². The van der Waals surface area contributed by atoms with E-state index in [0.717, 1.165) is 11.3 Å². The first-order valence-electron chi connectivity index (χ1n) is 9.67. The molecule has 6 nitrogen and oxygen atoms in total. The van der Waals surface area contributed by atoms with E-state index in [4.69, 9.17) is 0 Å². The van der Waals surface area contributed by atoms with E-state index in [1.54, 1.807) is 47.0 Å². The van der Waals surface area contributed by atoms with Crippen LogP contribution in [0.15, 0.2) is 71.9 Å². The standard InChI is InChI=1S/C22H25N3O3S/c1-3-24(20-12-8-9-13-21(20)29(27,28)4-2)22(26)15-14-18-16-23-25(17-18)19-10-6-5-7-11-19/h5-13,16-17H,3-4,14-15H2,1-2H3. The van der Waals surface area contributed by atoms with E-state index in [0.29, 0.717) is 18.7 Å². The quantitative estimate of drug-likeness (QED) is 0.567. The normalized spacial score (nSPS) is 11.4. The molecule has 0 N–H and O–H groups in total. The second-order valence-electron chi connectivity index (χ2n) is 6.64. The van der Waals surface area contributed by atoms with Gasteiger partial charge in [-0.1, -0.05) is 37.3 Å². The lowest BCUT2D eigenvalue weighted by Gasteiger charge is -2.23. The maximum absolute atomic E-state index is 12.9. The summed E-state index contributed by atoms with van der Waals surface area (Å²) in [5.74, 6) is -0.118. The first-order chi connectivity index (χ1) is 14.0. The maximum atomic E-state index is 12.9. The van der Waals surface area contributed by atoms with Crippen LogP contribution in [0.5, 0.6) is 0 Å². The number of anilines is 1. The van der Waals surface area contributed by atoms with Gasteiger partial charge in [-0.2, -0.15) is 5.10 Å². The fourth-order valence-electron chi connectivity index (χ4n) is 3.18. The summed E-state index contributed by atoms with van der Waals surface area (Å²) < 4.78 is 26.6. The number of carbonyl (C=O) groups is 1. The largest absolute Gasteiger partial charge is 0.311 e. The van der Waals surface area contributed by atoms with Crippen LogP contribution in [0.1, 0.15) is 25.8 Å². The average Bonchev–Trinajstić information content (AvgIpc) is 3.23. The summed E-state index contributed by atoms with van der Waals surface area (Å²) in [7, 11) is -3.42. The van der Waals surface area contributed by atoms with Gasteiger partial charge >= 0.3 is 0 Å². The van der Waals surface area contributed by atoms with E-state index in [2.05, 4.69) is 5.10 Å². The van der Waals surface area contributed by atoms with Crippen LogP contribution >= 0.6 is 0 Å². The van der Waals surface area contributed by atoms with E-state index in [1.165, 1.54) is 0 Å². The molecule has 7 heteroatoms. The fourth-order valence-corrected chi connectivity index (χ4v) is 4.27. The van der Waals surface area contributed by atoms with E-state index in [1.807, 2.05) is 43.5 Å². The van der Waals surface area contributed by atoms with Gasteiger partial charge < -0.3 is 4.90 Å². The molecule has 1 amide bonds. The Balaban J connectivity index is 1.75. The van der Waals surface area contributed by atoms with Crippen LogP contribution < -0.4 is 4.90 Å². The van der Waals surface area contributed by atoms with Gasteiger partial charge in [-0.15, -0.1) is 0 Å². The molecule has 0 aliphatic carbocycles. The highest BCUT2D eigenvalue weighted by atomic mass is 32.2. The Labute approximate surface area is 171 Å². The van der Waals surface area contributed by atoms with Gasteiger partial charge in [-0.05, 0) is 43.2 Å². The molecule has 0 spiro atoms. The monoisotopic (exact) mass is 411 g/mol. The number of benzene rings is 2. The van der Waals surface area contributed by atoms with Crippen molar-refractivity contribution in [1.82, 2.24) is 9.78 Å². The highest BCUT2D eigenvalue weighted by Gasteiger charge is 2.23. The Kier molecular flexibility index (Phi) is 6.49. The zero-order chi connectivity index (χ0) is 20.9. The molecule has 2 aromatic carbocycles. The molecular formula is C22H25N3O3S. The second kappa shape index (κ2) is 9.05. The number of para-hydroxylation sites is 2. The van der Waals surface area contributed by atoms with Crippen molar-refractivity contribution in [3.05, 3.63) is 72.6 Å². The van der Waals surface area contributed by atoms with Crippen LogP contribution in [0.2, 0.25) is 0 Å². The number of aromatic nitrogens is 2. The van der Waals surface area contributed by atoms with Crippen molar-refractivity contribution < 1.29 is 13.2 Å². The van der Waals surface area contributed by atoms with Crippen LogP contribution in [-0.2, 0) is 21.1 Å². The Morgan fingerprint density at radius 2 is 1.72 bits per heavy atom. The molecule has 3 aromatic rings. The smallest absolute Gasteiger partial charge is 0.227 e. The van der Waals surface area contributed by atoms with Gasteiger partial charge in [0.1, 0.15) is 0 Å². The molecule has 0 unspecified atom stereocenters. The Morgan fingerprint density at radius 3 is 2.41 bits per heavy atom. The zero-order valence-corrected chi connectivity index (χ0v) is 17.5. The third-order valence-corrected chi connectivity index (χ3v) is 6.55. The number of hydrogen-bond acceptors (Lipinski definition) is 4. The third-order valence-electron chi connectivity index (χ3n) is 4.77. The summed E-state index contributed by atoms with van der Waals surface area (Å²) in [5, 5.41) is 4.36.